The van der Waals surface area contributed by atoms with Crippen molar-refractivity contribution in [2.24, 2.45) is 0 Å². The number of hydrogen-bond acceptors (Lipinski definition) is 0. The summed E-state index contributed by atoms with van der Waals surface area (Å²) in [5.41, 5.74) is 2.17. The minimum atomic E-state index is 1.09. The predicted molar refractivity (Wildman–Crippen MR) is 68.2 cm³/mol. The molecule has 0 spiro atoms. The average molecular weight is 208 g/mol. The molecule has 2 heteroatoms. The van der Waals surface area contributed by atoms with Gasteiger partial charge in [0.25, 0.3) is 0 Å². The standard InChI is InChI=1S/C14H12N2/c1-2-6-12-10-14-8-4-3-7-13(16-14)9-11(5-1)15-12/h1-10,15-16H. The first kappa shape index (κ1) is 9.04. The zero-order valence-electron chi connectivity index (χ0n) is 8.77. The van der Waals surface area contributed by atoms with Gasteiger partial charge in [-0.05, 0) is 36.4 Å². The molecule has 0 amide bonds. The van der Waals surface area contributed by atoms with Gasteiger partial charge in [0.15, 0.2) is 0 Å². The van der Waals surface area contributed by atoms with Gasteiger partial charge in [0, 0.05) is 22.1 Å². The van der Waals surface area contributed by atoms with E-state index in [9.17, 15) is 0 Å². The second-order valence-electron chi connectivity index (χ2n) is 3.80. The van der Waals surface area contributed by atoms with Crippen molar-refractivity contribution in [1.82, 2.24) is 9.97 Å². The molecule has 3 heterocycles. The van der Waals surface area contributed by atoms with Crippen LogP contribution in [0.25, 0.3) is 24.3 Å². The van der Waals surface area contributed by atoms with Crippen molar-refractivity contribution < 1.29 is 0 Å². The number of aromatic nitrogens is 2. The van der Waals surface area contributed by atoms with Crippen molar-refractivity contribution in [1.29, 1.82) is 0 Å². The van der Waals surface area contributed by atoms with Crippen molar-refractivity contribution >= 4 is 24.3 Å². The summed E-state index contributed by atoms with van der Waals surface area (Å²) in [6, 6.07) is 4.19. The Bertz CT molecular complexity index is 608. The van der Waals surface area contributed by atoms with E-state index in [2.05, 4.69) is 46.4 Å². The number of aromatic amines is 2. The highest BCUT2D eigenvalue weighted by Crippen LogP contribution is 2.02. The molecule has 0 saturated heterocycles. The molecule has 2 N–H and O–H groups in total. The third kappa shape index (κ3) is 1.77. The molecule has 0 aromatic carbocycles. The Kier molecular flexibility index (Phi) is 2.11. The highest BCUT2D eigenvalue weighted by atomic mass is 14.7. The third-order valence-electron chi connectivity index (χ3n) is 2.52. The molecule has 0 fully saturated rings. The SMILES string of the molecule is C1=CC=c2cc3[nH]c(cc([nH]2)=C1)C=CC=C3. The summed E-state index contributed by atoms with van der Waals surface area (Å²) in [5, 5.41) is 2.17. The largest absolute Gasteiger partial charge is 0.355 e. The number of fused-ring (bicyclic) bond motifs is 4. The summed E-state index contributed by atoms with van der Waals surface area (Å²) < 4.78 is 0. The van der Waals surface area contributed by atoms with E-state index in [0.29, 0.717) is 0 Å². The minimum absolute atomic E-state index is 1.09. The molecule has 0 aliphatic carbocycles. The van der Waals surface area contributed by atoms with Crippen LogP contribution in [0.15, 0.2) is 36.4 Å². The van der Waals surface area contributed by atoms with Crippen LogP contribution in [0.3, 0.4) is 0 Å². The van der Waals surface area contributed by atoms with E-state index in [1.54, 1.807) is 0 Å². The zero-order valence-corrected chi connectivity index (χ0v) is 8.77. The van der Waals surface area contributed by atoms with Crippen LogP contribution in [0.1, 0.15) is 11.4 Å². The molecule has 1 aromatic rings. The lowest BCUT2D eigenvalue weighted by Gasteiger charge is -1.95. The van der Waals surface area contributed by atoms with Crippen molar-refractivity contribution in [2.45, 2.75) is 0 Å². The van der Waals surface area contributed by atoms with Crippen molar-refractivity contribution in [2.75, 3.05) is 0 Å². The molecule has 2 nitrogen and oxygen atoms in total. The number of hydrogen-bond donors (Lipinski definition) is 2. The van der Waals surface area contributed by atoms with Gasteiger partial charge in [0.1, 0.15) is 0 Å². The maximum absolute atomic E-state index is 3.37. The van der Waals surface area contributed by atoms with E-state index >= 15 is 0 Å². The Morgan fingerprint density at radius 3 is 1.75 bits per heavy atom. The van der Waals surface area contributed by atoms with E-state index in [4.69, 9.17) is 0 Å². The van der Waals surface area contributed by atoms with Gasteiger partial charge < -0.3 is 9.97 Å². The number of allylic oxidation sites excluding steroid dienone is 4. The molecule has 4 bridgehead atoms. The predicted octanol–water partition coefficient (Wildman–Crippen LogP) is 1.64. The summed E-state index contributed by atoms with van der Waals surface area (Å²) >= 11 is 0. The van der Waals surface area contributed by atoms with Crippen LogP contribution in [0, 0.1) is 0 Å². The monoisotopic (exact) mass is 208 g/mol. The molecule has 78 valence electrons. The van der Waals surface area contributed by atoms with Crippen LogP contribution in [0.4, 0.5) is 0 Å². The molecule has 0 unspecified atom stereocenters. The van der Waals surface area contributed by atoms with Crippen LogP contribution in [0.2, 0.25) is 0 Å². The van der Waals surface area contributed by atoms with Gasteiger partial charge in [-0.15, -0.1) is 0 Å². The van der Waals surface area contributed by atoms with E-state index < -0.39 is 0 Å². The summed E-state index contributed by atoms with van der Waals surface area (Å²) in [6.07, 6.45) is 16.4. The summed E-state index contributed by atoms with van der Waals surface area (Å²) in [7, 11) is 0. The lowest BCUT2D eigenvalue weighted by molar-refractivity contribution is 1.16. The molecule has 16 heavy (non-hydrogen) atoms. The van der Waals surface area contributed by atoms with Gasteiger partial charge in [-0.2, -0.15) is 0 Å². The average Bonchev–Trinajstić information content (AvgIpc) is 2.60. The Morgan fingerprint density at radius 2 is 1.19 bits per heavy atom. The fraction of sp³-hybridized carbons (Fsp3) is 0. The van der Waals surface area contributed by atoms with Gasteiger partial charge in [-0.3, -0.25) is 0 Å². The molecule has 0 radical (unpaired) electrons. The first-order chi connectivity index (χ1) is 7.90. The van der Waals surface area contributed by atoms with E-state index in [-0.39, 0.29) is 0 Å². The smallest absolute Gasteiger partial charge is 0.0405 e. The summed E-state index contributed by atoms with van der Waals surface area (Å²) in [6.45, 7) is 0. The number of rotatable bonds is 0. The molecular formula is C14H12N2. The normalized spacial score (nSPS) is 14.5. The fourth-order valence-corrected chi connectivity index (χ4v) is 1.81. The third-order valence-corrected chi connectivity index (χ3v) is 2.52. The minimum Gasteiger partial charge on any atom is -0.355 e. The highest BCUT2D eigenvalue weighted by Gasteiger charge is 1.92. The maximum Gasteiger partial charge on any atom is 0.0405 e. The Morgan fingerprint density at radius 1 is 0.625 bits per heavy atom. The van der Waals surface area contributed by atoms with Gasteiger partial charge in [-0.25, -0.2) is 0 Å². The lowest BCUT2D eigenvalue weighted by Crippen LogP contribution is -2.16. The molecule has 2 aliphatic rings. The Labute approximate surface area is 93.4 Å². The summed E-state index contributed by atoms with van der Waals surface area (Å²) in [5.74, 6) is 0. The van der Waals surface area contributed by atoms with Crippen molar-refractivity contribution in [3.05, 3.63) is 58.5 Å². The molecular weight excluding hydrogens is 196 g/mol. The number of nitrogens with one attached hydrogen (secondary N) is 2. The second kappa shape index (κ2) is 3.74. The maximum atomic E-state index is 3.37. The van der Waals surface area contributed by atoms with Crippen LogP contribution < -0.4 is 10.7 Å². The molecule has 0 atom stereocenters. The first-order valence-corrected chi connectivity index (χ1v) is 5.31. The quantitative estimate of drug-likeness (QED) is 0.649. The molecule has 2 aliphatic heterocycles. The number of H-pyrrole nitrogens is 2. The Balaban J connectivity index is 2.47. The lowest BCUT2D eigenvalue weighted by atomic mass is 10.3. The first-order valence-electron chi connectivity index (χ1n) is 5.31. The van der Waals surface area contributed by atoms with Crippen molar-refractivity contribution in [3.8, 4) is 0 Å². The van der Waals surface area contributed by atoms with Gasteiger partial charge in [0.05, 0.1) is 0 Å². The topological polar surface area (TPSA) is 31.6 Å². The van der Waals surface area contributed by atoms with Crippen LogP contribution in [-0.4, -0.2) is 9.97 Å². The van der Waals surface area contributed by atoms with E-state index in [1.165, 1.54) is 0 Å². The second-order valence-corrected chi connectivity index (χ2v) is 3.80. The van der Waals surface area contributed by atoms with Gasteiger partial charge in [0.2, 0.25) is 0 Å². The molecule has 1 aromatic heterocycles. The zero-order chi connectivity index (χ0) is 10.8. The summed E-state index contributed by atoms with van der Waals surface area (Å²) in [4.78, 5) is 6.75. The molecule has 3 rings (SSSR count). The van der Waals surface area contributed by atoms with Gasteiger partial charge >= 0.3 is 0 Å². The molecule has 0 saturated carbocycles. The highest BCUT2D eigenvalue weighted by molar-refractivity contribution is 5.58. The van der Waals surface area contributed by atoms with Gasteiger partial charge in [-0.1, -0.05) is 24.3 Å². The Hall–Kier alpha value is -2.22. The van der Waals surface area contributed by atoms with Crippen LogP contribution in [-0.2, 0) is 0 Å². The van der Waals surface area contributed by atoms with Crippen molar-refractivity contribution in [3.63, 3.8) is 0 Å². The van der Waals surface area contributed by atoms with Crippen LogP contribution >= 0.6 is 0 Å². The fourth-order valence-electron chi connectivity index (χ4n) is 1.81. The van der Waals surface area contributed by atoms with E-state index in [1.807, 2.05) is 24.3 Å². The van der Waals surface area contributed by atoms with Crippen LogP contribution in [0.5, 0.6) is 0 Å². The van der Waals surface area contributed by atoms with E-state index in [0.717, 1.165) is 22.1 Å².